The SMILES string of the molecule is CCCN(CC(=O)N(Cc1ccc(F)cc1)C1CCN(C(=O)CCc2ccccc2)CC1)S(=O)(=O)CCC. The molecule has 0 aliphatic carbocycles. The second-order valence-corrected chi connectivity index (χ2v) is 12.0. The van der Waals surface area contributed by atoms with Crippen LogP contribution in [0.25, 0.3) is 0 Å². The zero-order valence-corrected chi connectivity index (χ0v) is 23.3. The van der Waals surface area contributed by atoms with Gasteiger partial charge in [-0.25, -0.2) is 12.8 Å². The van der Waals surface area contributed by atoms with Crippen LogP contribution in [0.4, 0.5) is 4.39 Å². The molecule has 3 rings (SSSR count). The van der Waals surface area contributed by atoms with E-state index in [2.05, 4.69) is 0 Å². The third-order valence-corrected chi connectivity index (χ3v) is 8.98. The van der Waals surface area contributed by atoms with Crippen molar-refractivity contribution in [2.75, 3.05) is 31.9 Å². The van der Waals surface area contributed by atoms with E-state index < -0.39 is 10.0 Å². The maximum Gasteiger partial charge on any atom is 0.238 e. The molecule has 7 nitrogen and oxygen atoms in total. The lowest BCUT2D eigenvalue weighted by Gasteiger charge is -2.39. The van der Waals surface area contributed by atoms with Crippen molar-refractivity contribution >= 4 is 21.8 Å². The number of likely N-dealkylation sites (tertiary alicyclic amines) is 1. The summed E-state index contributed by atoms with van der Waals surface area (Å²) in [4.78, 5) is 30.0. The van der Waals surface area contributed by atoms with Crippen LogP contribution >= 0.6 is 0 Å². The maximum absolute atomic E-state index is 13.6. The van der Waals surface area contributed by atoms with Gasteiger partial charge in [0.15, 0.2) is 0 Å². The van der Waals surface area contributed by atoms with E-state index in [9.17, 15) is 22.4 Å². The van der Waals surface area contributed by atoms with Gasteiger partial charge in [-0.15, -0.1) is 0 Å². The van der Waals surface area contributed by atoms with E-state index >= 15 is 0 Å². The molecule has 0 unspecified atom stereocenters. The van der Waals surface area contributed by atoms with E-state index in [1.807, 2.05) is 42.2 Å². The summed E-state index contributed by atoms with van der Waals surface area (Å²) in [6.45, 7) is 5.11. The number of aryl methyl sites for hydroxylation is 1. The van der Waals surface area contributed by atoms with E-state index in [1.54, 1.807) is 24.0 Å². The molecule has 0 N–H and O–H groups in total. The predicted octanol–water partition coefficient (Wildman–Crippen LogP) is 4.23. The molecule has 1 saturated heterocycles. The second kappa shape index (κ2) is 14.4. The predicted molar refractivity (Wildman–Crippen MR) is 147 cm³/mol. The minimum Gasteiger partial charge on any atom is -0.343 e. The fourth-order valence-corrected chi connectivity index (χ4v) is 6.43. The third kappa shape index (κ3) is 8.63. The van der Waals surface area contributed by atoms with Gasteiger partial charge in [-0.2, -0.15) is 4.31 Å². The molecule has 9 heteroatoms. The Balaban J connectivity index is 1.69. The molecule has 0 radical (unpaired) electrons. The topological polar surface area (TPSA) is 78.0 Å². The molecule has 208 valence electrons. The van der Waals surface area contributed by atoms with E-state index in [4.69, 9.17) is 0 Å². The summed E-state index contributed by atoms with van der Waals surface area (Å²) in [6.07, 6.45) is 3.44. The summed E-state index contributed by atoms with van der Waals surface area (Å²) in [5.74, 6) is -0.518. The van der Waals surface area contributed by atoms with E-state index in [-0.39, 0.29) is 49.1 Å². The van der Waals surface area contributed by atoms with E-state index in [1.165, 1.54) is 16.4 Å². The second-order valence-electron chi connectivity index (χ2n) is 9.90. The van der Waals surface area contributed by atoms with Gasteiger partial charge in [-0.05, 0) is 55.4 Å². The van der Waals surface area contributed by atoms with E-state index in [0.717, 1.165) is 11.1 Å². The minimum absolute atomic E-state index is 0.00171. The van der Waals surface area contributed by atoms with Crippen LogP contribution < -0.4 is 0 Å². The monoisotopic (exact) mass is 545 g/mol. The molecule has 0 aromatic heterocycles. The van der Waals surface area contributed by atoms with Crippen molar-refractivity contribution in [3.8, 4) is 0 Å². The highest BCUT2D eigenvalue weighted by Gasteiger charge is 2.32. The highest BCUT2D eigenvalue weighted by molar-refractivity contribution is 7.89. The smallest absolute Gasteiger partial charge is 0.238 e. The first-order valence-corrected chi connectivity index (χ1v) is 15.2. The fraction of sp³-hybridized carbons (Fsp3) is 0.517. The van der Waals surface area contributed by atoms with Gasteiger partial charge in [0, 0.05) is 38.6 Å². The van der Waals surface area contributed by atoms with Gasteiger partial charge in [0.2, 0.25) is 21.8 Å². The van der Waals surface area contributed by atoms with Crippen LogP contribution in [-0.2, 0) is 32.6 Å². The number of amides is 2. The Labute approximate surface area is 226 Å². The Morgan fingerprint density at radius 1 is 0.947 bits per heavy atom. The lowest BCUT2D eigenvalue weighted by Crippen LogP contribution is -2.51. The molecule has 0 spiro atoms. The van der Waals surface area contributed by atoms with Crippen molar-refractivity contribution < 1.29 is 22.4 Å². The number of carbonyl (C=O) groups is 2. The normalized spacial score (nSPS) is 14.6. The van der Waals surface area contributed by atoms with Crippen LogP contribution in [0, 0.1) is 5.82 Å². The van der Waals surface area contributed by atoms with Crippen molar-refractivity contribution in [2.24, 2.45) is 0 Å². The molecule has 2 amide bonds. The van der Waals surface area contributed by atoms with Crippen molar-refractivity contribution in [1.29, 1.82) is 0 Å². The number of carbonyl (C=O) groups excluding carboxylic acids is 2. The first-order valence-electron chi connectivity index (χ1n) is 13.6. The first kappa shape index (κ1) is 29.8. The summed E-state index contributed by atoms with van der Waals surface area (Å²) >= 11 is 0. The molecule has 2 aromatic carbocycles. The van der Waals surface area contributed by atoms with Crippen molar-refractivity contribution in [1.82, 2.24) is 14.1 Å². The molecular formula is C29H40FN3O4S. The standard InChI is InChI=1S/C29H40FN3O4S/c1-3-18-32(38(36,37)21-4-2)23-29(35)33(22-25-10-13-26(30)14-11-25)27-16-19-31(20-17-27)28(34)15-12-24-8-6-5-7-9-24/h5-11,13-14,27H,3-4,12,15-23H2,1-2H3. The molecule has 2 aromatic rings. The van der Waals surface area contributed by atoms with Crippen LogP contribution in [0.3, 0.4) is 0 Å². The lowest BCUT2D eigenvalue weighted by atomic mass is 10.0. The fourth-order valence-electron chi connectivity index (χ4n) is 4.88. The summed E-state index contributed by atoms with van der Waals surface area (Å²) in [7, 11) is -3.54. The Kier molecular flexibility index (Phi) is 11.3. The Morgan fingerprint density at radius 2 is 1.61 bits per heavy atom. The molecule has 0 atom stereocenters. The van der Waals surface area contributed by atoms with Crippen molar-refractivity contribution in [3.63, 3.8) is 0 Å². The largest absolute Gasteiger partial charge is 0.343 e. The van der Waals surface area contributed by atoms with Crippen molar-refractivity contribution in [3.05, 3.63) is 71.5 Å². The number of piperidine rings is 1. The molecule has 0 bridgehead atoms. The molecule has 38 heavy (non-hydrogen) atoms. The average molecular weight is 546 g/mol. The average Bonchev–Trinajstić information content (AvgIpc) is 2.91. The Morgan fingerprint density at radius 3 is 2.21 bits per heavy atom. The first-order chi connectivity index (χ1) is 18.2. The van der Waals surface area contributed by atoms with Gasteiger partial charge in [-0.1, -0.05) is 56.3 Å². The minimum atomic E-state index is -3.54. The molecular weight excluding hydrogens is 505 g/mol. The van der Waals surface area contributed by atoms with Gasteiger partial charge >= 0.3 is 0 Å². The molecule has 1 fully saturated rings. The van der Waals surface area contributed by atoms with Crippen LogP contribution in [0.1, 0.15) is 57.1 Å². The molecule has 1 heterocycles. The van der Waals surface area contributed by atoms with Gasteiger partial charge < -0.3 is 9.80 Å². The summed E-state index contributed by atoms with van der Waals surface area (Å²) in [5, 5.41) is 0. The Hall–Kier alpha value is -2.78. The zero-order chi connectivity index (χ0) is 27.5. The molecule has 0 saturated carbocycles. The summed E-state index contributed by atoms with van der Waals surface area (Å²) in [6, 6.07) is 15.8. The van der Waals surface area contributed by atoms with E-state index in [0.29, 0.717) is 51.6 Å². The number of rotatable bonds is 13. The maximum atomic E-state index is 13.6. The quantitative estimate of drug-likeness (QED) is 0.378. The number of benzene rings is 2. The van der Waals surface area contributed by atoms with Crippen molar-refractivity contribution in [2.45, 2.75) is 65.0 Å². The molecule has 1 aliphatic rings. The van der Waals surface area contributed by atoms with Crippen LogP contribution in [0.2, 0.25) is 0 Å². The lowest BCUT2D eigenvalue weighted by molar-refractivity contribution is -0.137. The third-order valence-electron chi connectivity index (χ3n) is 6.95. The van der Waals surface area contributed by atoms with Gasteiger partial charge in [0.25, 0.3) is 0 Å². The number of hydrogen-bond acceptors (Lipinski definition) is 4. The van der Waals surface area contributed by atoms with Crippen LogP contribution in [0.15, 0.2) is 54.6 Å². The van der Waals surface area contributed by atoms with Crippen LogP contribution in [0.5, 0.6) is 0 Å². The van der Waals surface area contributed by atoms with Gasteiger partial charge in [0.1, 0.15) is 5.82 Å². The highest BCUT2D eigenvalue weighted by atomic mass is 32.2. The molecule has 1 aliphatic heterocycles. The summed E-state index contributed by atoms with van der Waals surface area (Å²) in [5.41, 5.74) is 1.90. The van der Waals surface area contributed by atoms with Gasteiger partial charge in [-0.3, -0.25) is 9.59 Å². The van der Waals surface area contributed by atoms with Crippen LogP contribution in [-0.4, -0.2) is 72.3 Å². The zero-order valence-electron chi connectivity index (χ0n) is 22.5. The number of nitrogens with zero attached hydrogens (tertiary/aromatic N) is 3. The summed E-state index contributed by atoms with van der Waals surface area (Å²) < 4.78 is 40.4. The number of sulfonamides is 1. The van der Waals surface area contributed by atoms with Gasteiger partial charge in [0.05, 0.1) is 12.3 Å². The highest BCUT2D eigenvalue weighted by Crippen LogP contribution is 2.22. The number of hydrogen-bond donors (Lipinski definition) is 0. The number of halogens is 1. The Bertz CT molecular complexity index is 1130.